The van der Waals surface area contributed by atoms with Crippen molar-refractivity contribution in [2.75, 3.05) is 39.8 Å². The second-order valence-electron chi connectivity index (χ2n) is 5.57. The number of hydrogen-bond acceptors (Lipinski definition) is 5. The molecule has 2 unspecified atom stereocenters. The van der Waals surface area contributed by atoms with Crippen LogP contribution in [0.3, 0.4) is 0 Å². The van der Waals surface area contributed by atoms with Gasteiger partial charge in [0.25, 0.3) is 10.2 Å². The summed E-state index contributed by atoms with van der Waals surface area (Å²) in [6, 6.07) is -0.966. The van der Waals surface area contributed by atoms with Gasteiger partial charge in [-0.2, -0.15) is 17.4 Å². The molecule has 21 heavy (non-hydrogen) atoms. The topological polar surface area (TPSA) is 99.2 Å². The number of carbonyl (C=O) groups is 1. The van der Waals surface area contributed by atoms with E-state index < -0.39 is 22.2 Å². The third-order valence-corrected chi connectivity index (χ3v) is 5.47. The Kier molecular flexibility index (Phi) is 5.55. The first kappa shape index (κ1) is 16.6. The summed E-state index contributed by atoms with van der Waals surface area (Å²) in [6.45, 7) is 2.47. The summed E-state index contributed by atoms with van der Waals surface area (Å²) in [5.74, 6) is -1.09. The molecule has 2 rings (SSSR count). The molecular weight excluding hydrogens is 298 g/mol. The number of hydrogen-bond donors (Lipinski definition) is 2. The fourth-order valence-corrected chi connectivity index (χ4v) is 4.17. The third kappa shape index (κ3) is 4.36. The Hall–Kier alpha value is -0.740. The lowest BCUT2D eigenvalue weighted by atomic mass is 10.1. The largest absolute Gasteiger partial charge is 0.480 e. The predicted octanol–water partition coefficient (Wildman–Crippen LogP) is -0.909. The molecule has 2 fully saturated rings. The van der Waals surface area contributed by atoms with Gasteiger partial charge in [-0.05, 0) is 26.3 Å². The average Bonchev–Trinajstić information content (AvgIpc) is 2.45. The number of morpholine rings is 1. The summed E-state index contributed by atoms with van der Waals surface area (Å²) in [5, 5.41) is 9.16. The van der Waals surface area contributed by atoms with Crippen LogP contribution in [0.1, 0.15) is 19.3 Å². The van der Waals surface area contributed by atoms with Gasteiger partial charge in [0.05, 0.1) is 12.7 Å². The van der Waals surface area contributed by atoms with E-state index in [-0.39, 0.29) is 19.2 Å². The van der Waals surface area contributed by atoms with Crippen LogP contribution in [0.4, 0.5) is 0 Å². The zero-order chi connectivity index (χ0) is 15.5. The Morgan fingerprint density at radius 1 is 1.38 bits per heavy atom. The molecule has 2 atom stereocenters. The Balaban J connectivity index is 1.95. The van der Waals surface area contributed by atoms with Gasteiger partial charge in [0.15, 0.2) is 0 Å². The van der Waals surface area contributed by atoms with Crippen LogP contribution < -0.4 is 4.72 Å². The van der Waals surface area contributed by atoms with Crippen molar-refractivity contribution < 1.29 is 23.1 Å². The molecule has 8 nitrogen and oxygen atoms in total. The first-order valence-corrected chi connectivity index (χ1v) is 8.63. The predicted molar refractivity (Wildman–Crippen MR) is 76.1 cm³/mol. The summed E-state index contributed by atoms with van der Waals surface area (Å²) in [6.07, 6.45) is 1.58. The van der Waals surface area contributed by atoms with Gasteiger partial charge in [0.1, 0.15) is 6.04 Å². The van der Waals surface area contributed by atoms with Crippen molar-refractivity contribution in [2.45, 2.75) is 31.4 Å². The first-order chi connectivity index (χ1) is 9.90. The van der Waals surface area contributed by atoms with E-state index in [4.69, 9.17) is 9.84 Å². The van der Waals surface area contributed by atoms with Crippen LogP contribution in [-0.4, -0.2) is 80.7 Å². The number of likely N-dealkylation sites (N-methyl/N-ethyl adjacent to an activating group) is 1. The number of carboxylic acids is 1. The van der Waals surface area contributed by atoms with Gasteiger partial charge in [0, 0.05) is 26.2 Å². The van der Waals surface area contributed by atoms with Crippen molar-refractivity contribution in [3.8, 4) is 0 Å². The number of ether oxygens (including phenoxy) is 1. The second kappa shape index (κ2) is 7.01. The molecule has 9 heteroatoms. The van der Waals surface area contributed by atoms with Gasteiger partial charge in [0.2, 0.25) is 0 Å². The fourth-order valence-electron chi connectivity index (χ4n) is 2.71. The van der Waals surface area contributed by atoms with E-state index in [9.17, 15) is 13.2 Å². The van der Waals surface area contributed by atoms with Gasteiger partial charge < -0.3 is 14.7 Å². The summed E-state index contributed by atoms with van der Waals surface area (Å²) in [4.78, 5) is 13.3. The highest BCUT2D eigenvalue weighted by Gasteiger charge is 2.37. The summed E-state index contributed by atoms with van der Waals surface area (Å²) >= 11 is 0. The Morgan fingerprint density at radius 3 is 2.81 bits per heavy atom. The maximum atomic E-state index is 12.3. The van der Waals surface area contributed by atoms with Gasteiger partial charge >= 0.3 is 5.97 Å². The van der Waals surface area contributed by atoms with Crippen LogP contribution in [0, 0.1) is 0 Å². The van der Waals surface area contributed by atoms with Crippen molar-refractivity contribution in [3.05, 3.63) is 0 Å². The number of nitrogens with one attached hydrogen (secondary N) is 1. The molecule has 0 saturated carbocycles. The van der Waals surface area contributed by atoms with Crippen molar-refractivity contribution >= 4 is 16.2 Å². The molecule has 2 aliphatic rings. The maximum Gasteiger partial charge on any atom is 0.322 e. The molecule has 122 valence electrons. The smallest absolute Gasteiger partial charge is 0.322 e. The molecule has 0 spiro atoms. The Labute approximate surface area is 125 Å². The van der Waals surface area contributed by atoms with Crippen molar-refractivity contribution in [1.82, 2.24) is 13.9 Å². The summed E-state index contributed by atoms with van der Waals surface area (Å²) in [7, 11) is -1.84. The van der Waals surface area contributed by atoms with Crippen LogP contribution in [-0.2, 0) is 19.7 Å². The SMILES string of the molecule is CN1CCOC(CNS(=O)(=O)N2CCCCC2C(=O)O)C1. The molecule has 0 amide bonds. The lowest BCUT2D eigenvalue weighted by molar-refractivity contribution is -0.142. The molecule has 2 heterocycles. The van der Waals surface area contributed by atoms with Crippen LogP contribution in [0.15, 0.2) is 0 Å². The quantitative estimate of drug-likeness (QED) is 0.680. The first-order valence-electron chi connectivity index (χ1n) is 7.19. The molecule has 0 aromatic carbocycles. The number of carboxylic acid groups (broad SMARTS) is 1. The normalized spacial score (nSPS) is 29.4. The lowest BCUT2D eigenvalue weighted by Crippen LogP contribution is -2.54. The monoisotopic (exact) mass is 321 g/mol. The average molecular weight is 321 g/mol. The minimum atomic E-state index is -3.79. The van der Waals surface area contributed by atoms with Crippen molar-refractivity contribution in [3.63, 3.8) is 0 Å². The molecule has 2 aliphatic heterocycles. The van der Waals surface area contributed by atoms with Gasteiger partial charge in [-0.3, -0.25) is 4.79 Å². The van der Waals surface area contributed by atoms with Gasteiger partial charge in [-0.25, -0.2) is 0 Å². The van der Waals surface area contributed by atoms with E-state index in [0.29, 0.717) is 26.0 Å². The van der Waals surface area contributed by atoms with Gasteiger partial charge in [-0.15, -0.1) is 0 Å². The van der Waals surface area contributed by atoms with E-state index >= 15 is 0 Å². The fraction of sp³-hybridized carbons (Fsp3) is 0.917. The molecule has 2 N–H and O–H groups in total. The molecular formula is C12H23N3O5S. The zero-order valence-electron chi connectivity index (χ0n) is 12.2. The molecule has 0 aliphatic carbocycles. The van der Waals surface area contributed by atoms with E-state index in [1.807, 2.05) is 7.05 Å². The second-order valence-corrected chi connectivity index (χ2v) is 7.28. The number of aliphatic carboxylic acids is 1. The summed E-state index contributed by atoms with van der Waals surface area (Å²) < 4.78 is 33.7. The third-order valence-electron chi connectivity index (χ3n) is 3.88. The maximum absolute atomic E-state index is 12.3. The van der Waals surface area contributed by atoms with Crippen LogP contribution in [0.5, 0.6) is 0 Å². The van der Waals surface area contributed by atoms with Gasteiger partial charge in [-0.1, -0.05) is 0 Å². The number of nitrogens with zero attached hydrogens (tertiary/aromatic N) is 2. The zero-order valence-corrected chi connectivity index (χ0v) is 13.0. The number of piperidine rings is 1. The highest BCUT2D eigenvalue weighted by Crippen LogP contribution is 2.20. The molecule has 0 radical (unpaired) electrons. The van der Waals surface area contributed by atoms with Crippen molar-refractivity contribution in [2.24, 2.45) is 0 Å². The van der Waals surface area contributed by atoms with Crippen LogP contribution >= 0.6 is 0 Å². The van der Waals surface area contributed by atoms with E-state index in [2.05, 4.69) is 9.62 Å². The van der Waals surface area contributed by atoms with Crippen molar-refractivity contribution in [1.29, 1.82) is 0 Å². The lowest BCUT2D eigenvalue weighted by Gasteiger charge is -2.33. The minimum Gasteiger partial charge on any atom is -0.480 e. The molecule has 0 bridgehead atoms. The minimum absolute atomic E-state index is 0.162. The highest BCUT2D eigenvalue weighted by atomic mass is 32.2. The van der Waals surface area contributed by atoms with Crippen LogP contribution in [0.2, 0.25) is 0 Å². The summed E-state index contributed by atoms with van der Waals surface area (Å²) in [5.41, 5.74) is 0. The molecule has 0 aromatic heterocycles. The standard InChI is InChI=1S/C12H23N3O5S/c1-14-6-7-20-10(9-14)8-13-21(18,19)15-5-3-2-4-11(15)12(16)17/h10-11,13H,2-9H2,1H3,(H,16,17). The van der Waals surface area contributed by atoms with E-state index in [0.717, 1.165) is 17.3 Å². The number of rotatable bonds is 5. The van der Waals surface area contributed by atoms with E-state index in [1.165, 1.54) is 0 Å². The molecule has 2 saturated heterocycles. The Bertz CT molecular complexity index is 470. The highest BCUT2D eigenvalue weighted by molar-refractivity contribution is 7.87. The van der Waals surface area contributed by atoms with E-state index in [1.54, 1.807) is 0 Å². The van der Waals surface area contributed by atoms with Crippen LogP contribution in [0.25, 0.3) is 0 Å². The Morgan fingerprint density at radius 2 is 2.14 bits per heavy atom. The molecule has 0 aromatic rings.